The van der Waals surface area contributed by atoms with Crippen LogP contribution in [-0.2, 0) is 133 Å². The molecule has 18 aromatic rings. The molecule has 21 rings (SSSR count). The van der Waals surface area contributed by atoms with Gasteiger partial charge in [0.1, 0.15) is 34.4 Å². The first kappa shape index (κ1) is 98.3. The van der Waals surface area contributed by atoms with Gasteiger partial charge in [-0.25, -0.2) is 9.59 Å². The lowest BCUT2D eigenvalue weighted by molar-refractivity contribution is 0.0673. The fourth-order valence-corrected chi connectivity index (χ4v) is 26.5. The second kappa shape index (κ2) is 42.2. The number of aliphatic hydroxyl groups is 1. The maximum absolute atomic E-state index is 12.9. The standard InChI is InChI=1S/C37H38ClN5O2S2.2C36H36ClN5O3S2/c1-6-28-35-32-13-12-30(38)36(35)34-22(2)41(4)40-31(34)21-46-19-25-17-26(42(5)39-25)20-47-27-16-24-10-7-8-11-29(24)33(18-27)45-15-9-14-43(32)37(28)23(3)44;2*1-5-26-33-30-12-11-28(37)34(33)32-21(2)40(3)39-29(32)20-46-18-23-16-24(41(4)38-23)19-47-25-15-22-9-6-7-10-27(22)31(17-25)45-14-8-13-42(30)35(26)36(43)44/h7-8,10-13,16-18,44H,3,6,9,14-15,19-21H2,1-2,4-5H3;2*6-7,9-12,15-17H,5,8,13-14,18-20H2,1-4H3,(H,43,44). The molecule has 9 aromatic carbocycles. The molecule has 141 heavy (non-hydrogen) atoms. The van der Waals surface area contributed by atoms with Crippen molar-refractivity contribution in [1.82, 2.24) is 72.4 Å². The molecule has 3 N–H and O–H groups in total. The molecule has 9 aromatic heterocycles. The van der Waals surface area contributed by atoms with Crippen LogP contribution in [0.3, 0.4) is 0 Å². The van der Waals surface area contributed by atoms with Crippen LogP contribution in [0.4, 0.5) is 0 Å². The molecule has 32 heteroatoms. The minimum Gasteiger partial charge on any atom is -0.506 e. The smallest absolute Gasteiger partial charge is 0.352 e. The van der Waals surface area contributed by atoms with Gasteiger partial charge in [0.2, 0.25) is 0 Å². The molecule has 0 amide bonds. The summed E-state index contributed by atoms with van der Waals surface area (Å²) < 4.78 is 37.1. The van der Waals surface area contributed by atoms with Crippen LogP contribution < -0.4 is 14.2 Å². The van der Waals surface area contributed by atoms with Crippen molar-refractivity contribution in [2.24, 2.45) is 42.3 Å². The molecule has 0 aliphatic carbocycles. The number of hydrogen-bond donors (Lipinski definition) is 3. The zero-order chi connectivity index (χ0) is 98.5. The summed E-state index contributed by atoms with van der Waals surface area (Å²) in [4.78, 5) is 29.2. The number of ether oxygens (including phenoxy) is 3. The lowest BCUT2D eigenvalue weighted by atomic mass is 9.95. The molecule has 3 aliphatic heterocycles. The number of benzene rings is 9. The third-order valence-corrected chi connectivity index (χ3v) is 33.9. The Labute approximate surface area is 859 Å². The highest BCUT2D eigenvalue weighted by atomic mass is 35.5. The number of aromatic nitrogens is 15. The van der Waals surface area contributed by atoms with Crippen molar-refractivity contribution in [2.75, 3.05) is 19.8 Å². The van der Waals surface area contributed by atoms with Gasteiger partial charge in [-0.2, -0.15) is 30.6 Å². The van der Waals surface area contributed by atoms with Crippen molar-refractivity contribution >= 4 is 188 Å². The maximum Gasteiger partial charge on any atom is 0.352 e. The molecule has 0 fully saturated rings. The number of thioether (sulfide) groups is 6. The minimum absolute atomic E-state index is 0.0552. The minimum atomic E-state index is -0.945. The molecule has 0 atom stereocenters. The Morgan fingerprint density at radius 3 is 0.943 bits per heavy atom. The average molecular weight is 2060 g/mol. The summed E-state index contributed by atoms with van der Waals surface area (Å²) in [5.74, 6) is 7.36. The van der Waals surface area contributed by atoms with Crippen molar-refractivity contribution in [2.45, 2.75) is 166 Å². The fourth-order valence-electron chi connectivity index (χ4n) is 20.2. The molecular weight excluding hydrogens is 1950 g/mol. The van der Waals surface area contributed by atoms with E-state index in [9.17, 15) is 24.9 Å². The van der Waals surface area contributed by atoms with E-state index in [1.165, 1.54) is 5.69 Å². The Morgan fingerprint density at radius 1 is 0.362 bits per heavy atom. The van der Waals surface area contributed by atoms with E-state index < -0.39 is 11.9 Å². The number of carboxylic acids is 2. The molecule has 23 nitrogen and oxygen atoms in total. The molecule has 0 spiro atoms. The van der Waals surface area contributed by atoms with Crippen LogP contribution in [-0.4, -0.2) is 119 Å². The van der Waals surface area contributed by atoms with Gasteiger partial charge in [-0.3, -0.25) is 28.1 Å². The van der Waals surface area contributed by atoms with Crippen LogP contribution in [0.2, 0.25) is 15.1 Å². The van der Waals surface area contributed by atoms with Crippen LogP contribution in [0.1, 0.15) is 152 Å². The average Bonchev–Trinajstić information content (AvgIpc) is 1.58. The largest absolute Gasteiger partial charge is 0.506 e. The first-order valence-electron chi connectivity index (χ1n) is 47.3. The van der Waals surface area contributed by atoms with E-state index in [0.29, 0.717) is 115 Å². The first-order chi connectivity index (χ1) is 68.2. The molecule has 0 radical (unpaired) electrons. The van der Waals surface area contributed by atoms with Crippen molar-refractivity contribution in [3.63, 3.8) is 0 Å². The van der Waals surface area contributed by atoms with Crippen LogP contribution in [0, 0.1) is 20.8 Å². The summed E-state index contributed by atoms with van der Waals surface area (Å²) in [6, 6.07) is 56.3. The zero-order valence-corrected chi connectivity index (χ0v) is 88.0. The number of fused-ring (bicyclic) bond motifs is 24. The molecule has 3 aliphatic rings. The SMILES string of the molecule is C=C(O)c1c(CC)c2c3c(Cl)ccc2n1CCCOc1cc(cc2ccccc12)SCc1cc(nn1C)CSCc1nn(C)c(C)c1-3.CCc1c(C(=O)O)n2c3ccc(Cl)c(c13)-c1c(nn(C)c1C)CSCc1cc(n(C)n1)CSc1cc(c3ccccc3c1)OCCC2.CCc1c(C(=O)O)n2c3ccc(Cl)c(c13)-c1c(nn(C)c1C)CSCc1cc(n(C)n1)CSc1cc(c3ccccc3c1)OCCC2. The van der Waals surface area contributed by atoms with E-state index in [0.717, 1.165) is 256 Å². The summed E-state index contributed by atoms with van der Waals surface area (Å²) in [5.41, 5.74) is 24.8. The van der Waals surface area contributed by atoms with Gasteiger partial charge in [0.05, 0.1) is 59.7 Å². The number of halogens is 3. The molecule has 0 saturated heterocycles. The van der Waals surface area contributed by atoms with Crippen LogP contribution in [0.25, 0.3) is 104 Å². The summed E-state index contributed by atoms with van der Waals surface area (Å²) in [5, 5.41) is 72.7. The third-order valence-electron chi connectivity index (χ3n) is 27.0. The van der Waals surface area contributed by atoms with Gasteiger partial charge < -0.3 is 43.2 Å². The van der Waals surface area contributed by atoms with Gasteiger partial charge in [0.25, 0.3) is 0 Å². The Hall–Kier alpha value is -11.5. The van der Waals surface area contributed by atoms with Gasteiger partial charge in [-0.05, 0) is 183 Å². The number of carbonyl (C=O) groups is 2. The second-order valence-electron chi connectivity index (χ2n) is 35.7. The van der Waals surface area contributed by atoms with E-state index in [1.807, 2.05) is 162 Å². The first-order valence-corrected chi connectivity index (χ1v) is 54.9. The van der Waals surface area contributed by atoms with E-state index >= 15 is 0 Å². The monoisotopic (exact) mass is 2050 g/mol. The van der Waals surface area contributed by atoms with Crippen LogP contribution in [0.5, 0.6) is 17.2 Å². The Bertz CT molecular complexity index is 7220. The predicted octanol–water partition coefficient (Wildman–Crippen LogP) is 26.8. The highest BCUT2D eigenvalue weighted by Gasteiger charge is 2.34. The van der Waals surface area contributed by atoms with E-state index in [2.05, 4.69) is 134 Å². The number of rotatable bonds is 6. The lowest BCUT2D eigenvalue weighted by Gasteiger charge is -2.14. The highest BCUT2D eigenvalue weighted by molar-refractivity contribution is 7.99. The highest BCUT2D eigenvalue weighted by Crippen LogP contribution is 2.50. The molecule has 0 saturated carbocycles. The van der Waals surface area contributed by atoms with Crippen LogP contribution >= 0.6 is 105 Å². The molecule has 24 bridgehead atoms. The van der Waals surface area contributed by atoms with Crippen molar-refractivity contribution < 1.29 is 39.1 Å². The summed E-state index contributed by atoms with van der Waals surface area (Å²) in [7, 11) is 11.9. The summed E-state index contributed by atoms with van der Waals surface area (Å²) in [6.45, 7) is 19.3. The molecule has 12 heterocycles. The Kier molecular flexibility index (Phi) is 29.4. The fraction of sp³-hybridized carbons (Fsp3) is 0.303. The van der Waals surface area contributed by atoms with Gasteiger partial charge in [0.15, 0.2) is 0 Å². The quantitative estimate of drug-likeness (QED) is 0.131. The predicted molar refractivity (Wildman–Crippen MR) is 581 cm³/mol. The number of aliphatic hydroxyl groups excluding tert-OH is 1. The van der Waals surface area contributed by atoms with Crippen LogP contribution in [0.15, 0.2) is 185 Å². The zero-order valence-electron chi connectivity index (χ0n) is 80.8. The van der Waals surface area contributed by atoms with Gasteiger partial charge in [-0.15, -0.1) is 70.6 Å². The number of nitrogens with zero attached hydrogens (tertiary/aromatic N) is 15. The number of hydrogen-bond acceptors (Lipinski definition) is 18. The number of carboxylic acid groups (broad SMARTS) is 2. The van der Waals surface area contributed by atoms with Crippen molar-refractivity contribution in [3.8, 4) is 50.6 Å². The van der Waals surface area contributed by atoms with Gasteiger partial charge in [0, 0.05) is 260 Å². The molecule has 726 valence electrons. The normalized spacial score (nSPS) is 14.2. The molecule has 0 unspecified atom stereocenters. The number of aromatic carboxylic acids is 2. The van der Waals surface area contributed by atoms with Crippen molar-refractivity contribution in [1.29, 1.82) is 0 Å². The summed E-state index contributed by atoms with van der Waals surface area (Å²) in [6.07, 6.45) is 3.81. The third kappa shape index (κ3) is 19.5. The maximum atomic E-state index is 12.9. The Balaban J connectivity index is 0.000000134. The lowest BCUT2D eigenvalue weighted by Crippen LogP contribution is -2.12. The summed E-state index contributed by atoms with van der Waals surface area (Å²) >= 11 is 31.8. The topological polar surface area (TPSA) is 244 Å². The Morgan fingerprint density at radius 2 is 0.652 bits per heavy atom. The van der Waals surface area contributed by atoms with Gasteiger partial charge in [-0.1, -0.05) is 135 Å². The number of aryl methyl sites for hydroxylation is 12. The van der Waals surface area contributed by atoms with Gasteiger partial charge >= 0.3 is 11.9 Å². The van der Waals surface area contributed by atoms with Crippen molar-refractivity contribution in [3.05, 3.63) is 288 Å². The van der Waals surface area contributed by atoms with E-state index in [-0.39, 0.29) is 5.76 Å². The van der Waals surface area contributed by atoms with E-state index in [1.54, 1.807) is 70.6 Å². The van der Waals surface area contributed by atoms with E-state index in [4.69, 9.17) is 79.6 Å². The molecular formula is C109H110Cl3N15O8S6. The second-order valence-corrected chi connectivity index (χ2v) is 43.1.